The summed E-state index contributed by atoms with van der Waals surface area (Å²) < 4.78 is 7.56. The number of hydrogen-bond donors (Lipinski definition) is 1. The van der Waals surface area contributed by atoms with Crippen molar-refractivity contribution in [1.29, 1.82) is 0 Å². The molecule has 0 radical (unpaired) electrons. The van der Waals surface area contributed by atoms with Gasteiger partial charge >= 0.3 is 0 Å². The second-order valence-corrected chi connectivity index (χ2v) is 3.88. The van der Waals surface area contributed by atoms with E-state index in [1.165, 1.54) is 10.9 Å². The van der Waals surface area contributed by atoms with Crippen LogP contribution in [0.4, 0.5) is 5.69 Å². The molecule has 0 spiro atoms. The van der Waals surface area contributed by atoms with Gasteiger partial charge in [-0.15, -0.1) is 0 Å². The van der Waals surface area contributed by atoms with Crippen LogP contribution in [0.2, 0.25) is 0 Å². The third-order valence-electron chi connectivity index (χ3n) is 2.69. The van der Waals surface area contributed by atoms with Crippen LogP contribution in [0.1, 0.15) is 13.3 Å². The van der Waals surface area contributed by atoms with Crippen LogP contribution in [0.5, 0.6) is 0 Å². The summed E-state index contributed by atoms with van der Waals surface area (Å²) in [4.78, 5) is 0. The maximum Gasteiger partial charge on any atom is 0.0500 e. The average molecular weight is 218 g/mol. The van der Waals surface area contributed by atoms with Gasteiger partial charge in [-0.25, -0.2) is 0 Å². The molecule has 3 nitrogen and oxygen atoms in total. The summed E-state index contributed by atoms with van der Waals surface area (Å²) in [7, 11) is 0. The summed E-state index contributed by atoms with van der Waals surface area (Å²) in [5.41, 5.74) is 7.81. The Balaban J connectivity index is 2.09. The van der Waals surface area contributed by atoms with E-state index in [0.717, 1.165) is 31.9 Å². The van der Waals surface area contributed by atoms with Crippen molar-refractivity contribution in [2.24, 2.45) is 0 Å². The molecule has 3 heteroatoms. The number of nitrogens with two attached hydrogens (primary N) is 1. The molecule has 0 aliphatic rings. The zero-order chi connectivity index (χ0) is 11.4. The lowest BCUT2D eigenvalue weighted by molar-refractivity contribution is 0.142. The van der Waals surface area contributed by atoms with Crippen molar-refractivity contribution in [3.05, 3.63) is 30.5 Å². The Labute approximate surface area is 95.8 Å². The molecule has 2 aromatic rings. The fourth-order valence-corrected chi connectivity index (χ4v) is 1.88. The maximum absolute atomic E-state index is 5.79. The highest BCUT2D eigenvalue weighted by molar-refractivity contribution is 5.83. The molecular weight excluding hydrogens is 200 g/mol. The first-order valence-corrected chi connectivity index (χ1v) is 5.73. The molecule has 1 aromatic heterocycles. The Morgan fingerprint density at radius 2 is 2.19 bits per heavy atom. The lowest BCUT2D eigenvalue weighted by atomic mass is 10.2. The van der Waals surface area contributed by atoms with Crippen LogP contribution >= 0.6 is 0 Å². The summed E-state index contributed by atoms with van der Waals surface area (Å²) in [5.74, 6) is 0. The standard InChI is InChI=1S/C13H18N2O/c1-2-16-9-3-7-15-8-6-11-4-5-12(14)10-13(11)15/h4-6,8,10H,2-3,7,9,14H2,1H3. The molecule has 2 N–H and O–H groups in total. The van der Waals surface area contributed by atoms with Gasteiger partial charge < -0.3 is 15.0 Å². The van der Waals surface area contributed by atoms with Crippen molar-refractivity contribution < 1.29 is 4.74 Å². The molecule has 0 saturated carbocycles. The van der Waals surface area contributed by atoms with Crippen LogP contribution in [0, 0.1) is 0 Å². The smallest absolute Gasteiger partial charge is 0.0500 e. The number of fused-ring (bicyclic) bond motifs is 1. The number of ether oxygens (including phenoxy) is 1. The lowest BCUT2D eigenvalue weighted by Gasteiger charge is -2.06. The zero-order valence-electron chi connectivity index (χ0n) is 9.65. The Morgan fingerprint density at radius 1 is 1.31 bits per heavy atom. The first kappa shape index (κ1) is 11.0. The molecule has 16 heavy (non-hydrogen) atoms. The summed E-state index contributed by atoms with van der Waals surface area (Å²) in [6.07, 6.45) is 3.14. The predicted octanol–water partition coefficient (Wildman–Crippen LogP) is 2.65. The van der Waals surface area contributed by atoms with Crippen LogP contribution in [-0.4, -0.2) is 17.8 Å². The molecule has 1 heterocycles. The highest BCUT2D eigenvalue weighted by Gasteiger charge is 2.00. The number of aryl methyl sites for hydroxylation is 1. The Bertz CT molecular complexity index is 462. The van der Waals surface area contributed by atoms with E-state index in [1.807, 2.05) is 19.1 Å². The van der Waals surface area contributed by atoms with E-state index in [4.69, 9.17) is 10.5 Å². The van der Waals surface area contributed by atoms with Gasteiger partial charge in [-0.2, -0.15) is 0 Å². The van der Waals surface area contributed by atoms with Crippen molar-refractivity contribution >= 4 is 16.6 Å². The fraction of sp³-hybridized carbons (Fsp3) is 0.385. The van der Waals surface area contributed by atoms with Crippen molar-refractivity contribution in [2.75, 3.05) is 18.9 Å². The average Bonchev–Trinajstić information content (AvgIpc) is 2.67. The Morgan fingerprint density at radius 3 is 3.00 bits per heavy atom. The first-order valence-electron chi connectivity index (χ1n) is 5.73. The molecule has 0 aliphatic carbocycles. The minimum atomic E-state index is 0.791. The summed E-state index contributed by atoms with van der Waals surface area (Å²) in [6.45, 7) is 4.61. The monoisotopic (exact) mass is 218 g/mol. The van der Waals surface area contributed by atoms with Crippen LogP contribution in [0.15, 0.2) is 30.5 Å². The van der Waals surface area contributed by atoms with Gasteiger partial charge in [0.15, 0.2) is 0 Å². The Hall–Kier alpha value is -1.48. The zero-order valence-corrected chi connectivity index (χ0v) is 9.65. The number of benzene rings is 1. The van der Waals surface area contributed by atoms with Gasteiger partial charge in [0.2, 0.25) is 0 Å². The van der Waals surface area contributed by atoms with E-state index in [-0.39, 0.29) is 0 Å². The minimum Gasteiger partial charge on any atom is -0.399 e. The van der Waals surface area contributed by atoms with Crippen molar-refractivity contribution in [2.45, 2.75) is 19.9 Å². The van der Waals surface area contributed by atoms with E-state index in [1.54, 1.807) is 0 Å². The number of anilines is 1. The van der Waals surface area contributed by atoms with Gasteiger partial charge in [0, 0.05) is 31.6 Å². The number of nitrogen functional groups attached to an aromatic ring is 1. The van der Waals surface area contributed by atoms with Gasteiger partial charge in [0.25, 0.3) is 0 Å². The molecule has 2 rings (SSSR count). The fourth-order valence-electron chi connectivity index (χ4n) is 1.88. The van der Waals surface area contributed by atoms with Gasteiger partial charge in [0.1, 0.15) is 0 Å². The van der Waals surface area contributed by atoms with Crippen molar-refractivity contribution in [3.8, 4) is 0 Å². The number of nitrogens with zero attached hydrogens (tertiary/aromatic N) is 1. The largest absolute Gasteiger partial charge is 0.399 e. The molecule has 0 unspecified atom stereocenters. The molecule has 0 aliphatic heterocycles. The van der Waals surface area contributed by atoms with E-state index < -0.39 is 0 Å². The van der Waals surface area contributed by atoms with Gasteiger partial charge in [0.05, 0.1) is 5.52 Å². The second-order valence-electron chi connectivity index (χ2n) is 3.88. The predicted molar refractivity (Wildman–Crippen MR) is 67.5 cm³/mol. The van der Waals surface area contributed by atoms with Crippen LogP contribution in [0.3, 0.4) is 0 Å². The summed E-state index contributed by atoms with van der Waals surface area (Å²) in [5, 5.41) is 1.24. The van der Waals surface area contributed by atoms with Gasteiger partial charge in [-0.3, -0.25) is 0 Å². The van der Waals surface area contributed by atoms with Gasteiger partial charge in [-0.1, -0.05) is 6.07 Å². The summed E-state index contributed by atoms with van der Waals surface area (Å²) in [6, 6.07) is 8.14. The molecule has 0 saturated heterocycles. The number of aromatic nitrogens is 1. The summed E-state index contributed by atoms with van der Waals surface area (Å²) >= 11 is 0. The van der Waals surface area contributed by atoms with Crippen LogP contribution in [-0.2, 0) is 11.3 Å². The molecule has 86 valence electrons. The van der Waals surface area contributed by atoms with Crippen LogP contribution < -0.4 is 5.73 Å². The number of rotatable bonds is 5. The first-order chi connectivity index (χ1) is 7.81. The third-order valence-corrected chi connectivity index (χ3v) is 2.69. The van der Waals surface area contributed by atoms with E-state index in [0.29, 0.717) is 0 Å². The molecular formula is C13H18N2O. The second kappa shape index (κ2) is 5.03. The molecule has 0 bridgehead atoms. The van der Waals surface area contributed by atoms with Crippen molar-refractivity contribution in [1.82, 2.24) is 4.57 Å². The highest BCUT2D eigenvalue weighted by atomic mass is 16.5. The Kier molecular flexibility index (Phi) is 3.47. The normalized spacial score (nSPS) is 11.1. The molecule has 0 fully saturated rings. The maximum atomic E-state index is 5.79. The quantitative estimate of drug-likeness (QED) is 0.619. The lowest BCUT2D eigenvalue weighted by Crippen LogP contribution is -2.01. The van der Waals surface area contributed by atoms with E-state index >= 15 is 0 Å². The van der Waals surface area contributed by atoms with E-state index in [2.05, 4.69) is 22.9 Å². The van der Waals surface area contributed by atoms with Crippen LogP contribution in [0.25, 0.3) is 10.9 Å². The van der Waals surface area contributed by atoms with Crippen molar-refractivity contribution in [3.63, 3.8) is 0 Å². The molecule has 0 atom stereocenters. The molecule has 0 amide bonds. The third kappa shape index (κ3) is 2.36. The SMILES string of the molecule is CCOCCCn1ccc2ccc(N)cc21. The van der Waals surface area contributed by atoms with E-state index in [9.17, 15) is 0 Å². The van der Waals surface area contributed by atoms with Gasteiger partial charge in [-0.05, 0) is 36.9 Å². The molecule has 1 aromatic carbocycles. The topological polar surface area (TPSA) is 40.2 Å². The minimum absolute atomic E-state index is 0.791. The highest BCUT2D eigenvalue weighted by Crippen LogP contribution is 2.18. The number of hydrogen-bond acceptors (Lipinski definition) is 2.